The molecule has 1 atom stereocenters. The van der Waals surface area contributed by atoms with Gasteiger partial charge in [-0.2, -0.15) is 0 Å². The molecule has 3 heteroatoms. The smallest absolute Gasteiger partial charge is 0.0678 e. The molecule has 1 rings (SSSR count). The third kappa shape index (κ3) is 3.55. The molecule has 0 aromatic heterocycles. The Morgan fingerprint density at radius 3 is 2.22 bits per heavy atom. The Labute approximate surface area is 111 Å². The molecule has 0 saturated heterocycles. The average molecular weight is 250 g/mol. The van der Waals surface area contributed by atoms with Crippen LogP contribution in [-0.2, 0) is 5.54 Å². The zero-order valence-corrected chi connectivity index (χ0v) is 11.8. The number of benzene rings is 1. The van der Waals surface area contributed by atoms with Crippen LogP contribution in [-0.4, -0.2) is 43.3 Å². The van der Waals surface area contributed by atoms with Gasteiger partial charge in [-0.05, 0) is 32.1 Å². The molecule has 0 bridgehead atoms. The highest BCUT2D eigenvalue weighted by molar-refractivity contribution is 5.24. The second kappa shape index (κ2) is 7.52. The molecule has 102 valence electrons. The summed E-state index contributed by atoms with van der Waals surface area (Å²) >= 11 is 0. The lowest BCUT2D eigenvalue weighted by atomic mass is 9.87. The van der Waals surface area contributed by atoms with Crippen LogP contribution in [0.5, 0.6) is 0 Å². The zero-order chi connectivity index (χ0) is 13.4. The standard InChI is InChI=1S/C15H26N2O/c1-4-17(5-2)12-11-15(13-18,16-3)14-9-7-6-8-10-14/h6-10,16,18H,4-5,11-13H2,1-3H3. The van der Waals surface area contributed by atoms with Crippen molar-refractivity contribution in [1.82, 2.24) is 10.2 Å². The SMILES string of the molecule is CCN(CC)CCC(CO)(NC)c1ccccc1. The highest BCUT2D eigenvalue weighted by Crippen LogP contribution is 2.24. The Balaban J connectivity index is 2.81. The van der Waals surface area contributed by atoms with Crippen LogP contribution in [0.1, 0.15) is 25.8 Å². The summed E-state index contributed by atoms with van der Waals surface area (Å²) in [7, 11) is 1.92. The number of likely N-dealkylation sites (N-methyl/N-ethyl adjacent to an activating group) is 1. The molecule has 0 saturated carbocycles. The largest absolute Gasteiger partial charge is 0.394 e. The fourth-order valence-corrected chi connectivity index (χ4v) is 2.31. The van der Waals surface area contributed by atoms with E-state index < -0.39 is 0 Å². The van der Waals surface area contributed by atoms with Gasteiger partial charge in [-0.25, -0.2) is 0 Å². The maximum atomic E-state index is 9.81. The van der Waals surface area contributed by atoms with Crippen LogP contribution in [0, 0.1) is 0 Å². The van der Waals surface area contributed by atoms with Gasteiger partial charge >= 0.3 is 0 Å². The summed E-state index contributed by atoms with van der Waals surface area (Å²) in [5, 5.41) is 13.1. The van der Waals surface area contributed by atoms with E-state index in [1.807, 2.05) is 25.2 Å². The first kappa shape index (κ1) is 15.2. The molecule has 1 unspecified atom stereocenters. The van der Waals surface area contributed by atoms with Gasteiger partial charge in [0.15, 0.2) is 0 Å². The summed E-state index contributed by atoms with van der Waals surface area (Å²) in [4.78, 5) is 2.38. The van der Waals surface area contributed by atoms with Gasteiger partial charge in [0.1, 0.15) is 0 Å². The Hall–Kier alpha value is -0.900. The second-order valence-electron chi connectivity index (χ2n) is 4.63. The van der Waals surface area contributed by atoms with E-state index in [0.29, 0.717) is 0 Å². The van der Waals surface area contributed by atoms with Crippen LogP contribution in [0.25, 0.3) is 0 Å². The van der Waals surface area contributed by atoms with Crippen LogP contribution in [0.15, 0.2) is 30.3 Å². The Morgan fingerprint density at radius 1 is 1.17 bits per heavy atom. The van der Waals surface area contributed by atoms with Gasteiger partial charge in [0.2, 0.25) is 0 Å². The molecule has 0 fully saturated rings. The van der Waals surface area contributed by atoms with E-state index in [1.165, 1.54) is 0 Å². The molecule has 0 aliphatic heterocycles. The van der Waals surface area contributed by atoms with Crippen molar-refractivity contribution in [3.8, 4) is 0 Å². The van der Waals surface area contributed by atoms with Crippen molar-refractivity contribution in [2.75, 3.05) is 33.3 Å². The number of nitrogens with zero attached hydrogens (tertiary/aromatic N) is 1. The van der Waals surface area contributed by atoms with Crippen molar-refractivity contribution < 1.29 is 5.11 Å². The minimum absolute atomic E-state index is 0.120. The summed E-state index contributed by atoms with van der Waals surface area (Å²) in [6, 6.07) is 10.2. The van der Waals surface area contributed by atoms with Crippen molar-refractivity contribution in [2.45, 2.75) is 25.8 Å². The molecule has 3 nitrogen and oxygen atoms in total. The van der Waals surface area contributed by atoms with Crippen molar-refractivity contribution in [3.05, 3.63) is 35.9 Å². The third-order valence-electron chi connectivity index (χ3n) is 3.82. The zero-order valence-electron chi connectivity index (χ0n) is 11.8. The topological polar surface area (TPSA) is 35.5 Å². The lowest BCUT2D eigenvalue weighted by Gasteiger charge is -2.34. The summed E-state index contributed by atoms with van der Waals surface area (Å²) in [5.74, 6) is 0. The molecular weight excluding hydrogens is 224 g/mol. The molecule has 0 amide bonds. The van der Waals surface area contributed by atoms with E-state index in [2.05, 4.69) is 36.2 Å². The van der Waals surface area contributed by atoms with E-state index in [9.17, 15) is 5.11 Å². The van der Waals surface area contributed by atoms with Gasteiger partial charge in [0, 0.05) is 6.54 Å². The van der Waals surface area contributed by atoms with E-state index in [-0.39, 0.29) is 12.1 Å². The van der Waals surface area contributed by atoms with Crippen LogP contribution >= 0.6 is 0 Å². The number of nitrogens with one attached hydrogen (secondary N) is 1. The van der Waals surface area contributed by atoms with Crippen molar-refractivity contribution in [2.24, 2.45) is 0 Å². The average Bonchev–Trinajstić information content (AvgIpc) is 2.45. The van der Waals surface area contributed by atoms with Gasteiger partial charge in [0.05, 0.1) is 12.1 Å². The molecule has 2 N–H and O–H groups in total. The third-order valence-corrected chi connectivity index (χ3v) is 3.82. The molecule has 0 spiro atoms. The maximum Gasteiger partial charge on any atom is 0.0678 e. The van der Waals surface area contributed by atoms with E-state index in [4.69, 9.17) is 0 Å². The minimum atomic E-state index is -0.330. The van der Waals surface area contributed by atoms with Gasteiger partial charge in [-0.1, -0.05) is 44.2 Å². The number of aliphatic hydroxyl groups excluding tert-OH is 1. The first-order valence-corrected chi connectivity index (χ1v) is 6.80. The van der Waals surface area contributed by atoms with Crippen LogP contribution < -0.4 is 5.32 Å². The number of rotatable bonds is 8. The molecular formula is C15H26N2O. The van der Waals surface area contributed by atoms with Gasteiger partial charge < -0.3 is 15.3 Å². The Bertz CT molecular complexity index is 319. The first-order valence-electron chi connectivity index (χ1n) is 6.80. The van der Waals surface area contributed by atoms with Crippen molar-refractivity contribution in [1.29, 1.82) is 0 Å². The van der Waals surface area contributed by atoms with Crippen molar-refractivity contribution in [3.63, 3.8) is 0 Å². The quantitative estimate of drug-likeness (QED) is 0.739. The van der Waals surface area contributed by atoms with Crippen LogP contribution in [0.4, 0.5) is 0 Å². The number of hydrogen-bond donors (Lipinski definition) is 2. The molecule has 0 aliphatic rings. The predicted octanol–water partition coefficient (Wildman–Crippen LogP) is 1.83. The first-order chi connectivity index (χ1) is 8.72. The highest BCUT2D eigenvalue weighted by Gasteiger charge is 2.29. The van der Waals surface area contributed by atoms with Gasteiger partial charge in [0.25, 0.3) is 0 Å². The normalized spacial score (nSPS) is 14.7. The molecule has 0 heterocycles. The van der Waals surface area contributed by atoms with E-state index in [0.717, 1.165) is 31.6 Å². The minimum Gasteiger partial charge on any atom is -0.394 e. The number of aliphatic hydroxyl groups is 1. The predicted molar refractivity (Wildman–Crippen MR) is 76.7 cm³/mol. The lowest BCUT2D eigenvalue weighted by molar-refractivity contribution is 0.141. The Kier molecular flexibility index (Phi) is 6.33. The van der Waals surface area contributed by atoms with Crippen LogP contribution in [0.2, 0.25) is 0 Å². The molecule has 0 radical (unpaired) electrons. The molecule has 1 aromatic rings. The van der Waals surface area contributed by atoms with Crippen molar-refractivity contribution >= 4 is 0 Å². The Morgan fingerprint density at radius 2 is 1.78 bits per heavy atom. The van der Waals surface area contributed by atoms with Crippen LogP contribution in [0.3, 0.4) is 0 Å². The fourth-order valence-electron chi connectivity index (χ4n) is 2.31. The lowest BCUT2D eigenvalue weighted by Crippen LogP contribution is -2.46. The summed E-state index contributed by atoms with van der Waals surface area (Å²) < 4.78 is 0. The second-order valence-corrected chi connectivity index (χ2v) is 4.63. The maximum absolute atomic E-state index is 9.81. The molecule has 18 heavy (non-hydrogen) atoms. The summed E-state index contributed by atoms with van der Waals surface area (Å²) in [6.07, 6.45) is 0.908. The fraction of sp³-hybridized carbons (Fsp3) is 0.600. The molecule has 0 aliphatic carbocycles. The monoisotopic (exact) mass is 250 g/mol. The highest BCUT2D eigenvalue weighted by atomic mass is 16.3. The number of hydrogen-bond acceptors (Lipinski definition) is 3. The summed E-state index contributed by atoms with van der Waals surface area (Å²) in [5.41, 5.74) is 0.825. The molecule has 1 aromatic carbocycles. The van der Waals surface area contributed by atoms with E-state index in [1.54, 1.807) is 0 Å². The van der Waals surface area contributed by atoms with Gasteiger partial charge in [-0.3, -0.25) is 0 Å². The van der Waals surface area contributed by atoms with Gasteiger partial charge in [-0.15, -0.1) is 0 Å². The summed E-state index contributed by atoms with van der Waals surface area (Å²) in [6.45, 7) is 7.56. The van der Waals surface area contributed by atoms with E-state index >= 15 is 0 Å².